The minimum absolute atomic E-state index is 0.0734. The number of anilines is 1. The number of hydrogen-bond donors (Lipinski definition) is 2. The maximum absolute atomic E-state index is 12.2. The van der Waals surface area contributed by atoms with Crippen molar-refractivity contribution in [1.29, 1.82) is 0 Å². The SMILES string of the molecule is CCOc1cc(Cn2nc(-c3cccc(Cl)c3)c3c(C)nc(C)cc32)ccc1-c1cc(CC)sc1S(=O)(=O)O.Cc1onc(N)c1C. The molecule has 3 N–H and O–H groups in total. The van der Waals surface area contributed by atoms with Crippen molar-refractivity contribution < 1.29 is 22.2 Å². The summed E-state index contributed by atoms with van der Waals surface area (Å²) < 4.78 is 46.8. The first-order chi connectivity index (χ1) is 22.3. The molecule has 0 radical (unpaired) electrons. The molecule has 6 rings (SSSR count). The van der Waals surface area contributed by atoms with Crippen molar-refractivity contribution >= 4 is 49.8 Å². The topological polar surface area (TPSA) is 146 Å². The van der Waals surface area contributed by atoms with Gasteiger partial charge in [-0.2, -0.15) is 13.5 Å². The predicted octanol–water partition coefficient (Wildman–Crippen LogP) is 8.23. The average molecular weight is 694 g/mol. The molecule has 47 heavy (non-hydrogen) atoms. The van der Waals surface area contributed by atoms with Crippen molar-refractivity contribution in [2.75, 3.05) is 12.3 Å². The van der Waals surface area contributed by atoms with Gasteiger partial charge in [-0.15, -0.1) is 11.3 Å². The zero-order chi connectivity index (χ0) is 34.0. The molecule has 0 spiro atoms. The molecule has 10 nitrogen and oxygen atoms in total. The summed E-state index contributed by atoms with van der Waals surface area (Å²) in [7, 11) is -4.39. The highest BCUT2D eigenvalue weighted by molar-refractivity contribution is 7.88. The van der Waals surface area contributed by atoms with Crippen LogP contribution in [0.15, 0.2) is 63.3 Å². The third-order valence-electron chi connectivity index (χ3n) is 7.63. The number of fused-ring (bicyclic) bond motifs is 1. The van der Waals surface area contributed by atoms with Gasteiger partial charge in [-0.05, 0) is 76.9 Å². The lowest BCUT2D eigenvalue weighted by atomic mass is 10.0. The smallest absolute Gasteiger partial charge is 0.304 e. The van der Waals surface area contributed by atoms with Crippen LogP contribution >= 0.6 is 22.9 Å². The lowest BCUT2D eigenvalue weighted by Crippen LogP contribution is -2.04. The summed E-state index contributed by atoms with van der Waals surface area (Å²) >= 11 is 7.37. The Morgan fingerprint density at radius 3 is 2.40 bits per heavy atom. The number of hydrogen-bond acceptors (Lipinski definition) is 9. The van der Waals surface area contributed by atoms with Gasteiger partial charge < -0.3 is 15.0 Å². The number of nitrogens with zero attached hydrogens (tertiary/aromatic N) is 4. The van der Waals surface area contributed by atoms with E-state index in [0.717, 1.165) is 66.6 Å². The van der Waals surface area contributed by atoms with E-state index in [-0.39, 0.29) is 4.21 Å². The van der Waals surface area contributed by atoms with Crippen LogP contribution in [0.25, 0.3) is 33.3 Å². The van der Waals surface area contributed by atoms with E-state index in [1.54, 1.807) is 0 Å². The molecular formula is C34H36ClN5O5S2. The zero-order valence-electron chi connectivity index (χ0n) is 27.0. The number of thiophene rings is 1. The number of ether oxygens (including phenoxy) is 1. The summed E-state index contributed by atoms with van der Waals surface area (Å²) in [5.74, 6) is 1.82. The molecule has 0 aliphatic carbocycles. The van der Waals surface area contributed by atoms with Gasteiger partial charge in [0.25, 0.3) is 0 Å². The second kappa shape index (κ2) is 13.9. The van der Waals surface area contributed by atoms with Crippen molar-refractivity contribution in [3.05, 3.63) is 92.8 Å². The highest BCUT2D eigenvalue weighted by Crippen LogP contribution is 2.41. The Morgan fingerprint density at radius 2 is 1.81 bits per heavy atom. The Morgan fingerprint density at radius 1 is 1.04 bits per heavy atom. The van der Waals surface area contributed by atoms with E-state index in [1.807, 2.05) is 101 Å². The van der Waals surface area contributed by atoms with Crippen LogP contribution in [0, 0.1) is 27.7 Å². The summed E-state index contributed by atoms with van der Waals surface area (Å²) in [6.45, 7) is 12.3. The van der Waals surface area contributed by atoms with Crippen LogP contribution in [0.1, 0.15) is 47.0 Å². The summed E-state index contributed by atoms with van der Waals surface area (Å²) in [5, 5.41) is 10.1. The van der Waals surface area contributed by atoms with E-state index in [4.69, 9.17) is 31.7 Å². The summed E-state index contributed by atoms with van der Waals surface area (Å²) in [6.07, 6.45) is 0.657. The van der Waals surface area contributed by atoms with Gasteiger partial charge in [0.2, 0.25) is 0 Å². The second-order valence-corrected chi connectivity index (χ2v) is 14.2. The van der Waals surface area contributed by atoms with Gasteiger partial charge in [-0.3, -0.25) is 14.2 Å². The average Bonchev–Trinajstić information content (AvgIpc) is 3.70. The first kappa shape index (κ1) is 34.1. The van der Waals surface area contributed by atoms with Crippen LogP contribution in [0.5, 0.6) is 5.75 Å². The molecule has 4 aromatic heterocycles. The number of pyridine rings is 1. The number of nitrogen functional groups attached to an aromatic ring is 1. The van der Waals surface area contributed by atoms with E-state index < -0.39 is 10.1 Å². The Balaban J connectivity index is 0.000000474. The first-order valence-electron chi connectivity index (χ1n) is 15.0. The zero-order valence-corrected chi connectivity index (χ0v) is 29.3. The van der Waals surface area contributed by atoms with Crippen molar-refractivity contribution in [1.82, 2.24) is 19.9 Å². The molecule has 0 unspecified atom stereocenters. The predicted molar refractivity (Wildman–Crippen MR) is 187 cm³/mol. The number of aromatic nitrogens is 4. The molecule has 0 aliphatic heterocycles. The normalized spacial score (nSPS) is 11.5. The largest absolute Gasteiger partial charge is 0.493 e. The summed E-state index contributed by atoms with van der Waals surface area (Å²) in [6, 6.07) is 17.1. The fourth-order valence-electron chi connectivity index (χ4n) is 5.23. The third-order valence-corrected chi connectivity index (χ3v) is 10.5. The molecule has 0 bridgehead atoms. The molecule has 246 valence electrons. The van der Waals surface area contributed by atoms with Crippen molar-refractivity contribution in [2.24, 2.45) is 0 Å². The fourth-order valence-corrected chi connectivity index (χ4v) is 7.45. The molecule has 0 amide bonds. The van der Waals surface area contributed by atoms with Crippen molar-refractivity contribution in [3.8, 4) is 28.1 Å². The van der Waals surface area contributed by atoms with Gasteiger partial charge in [0.05, 0.1) is 18.7 Å². The van der Waals surface area contributed by atoms with Gasteiger partial charge >= 0.3 is 10.1 Å². The van der Waals surface area contributed by atoms with Crippen LogP contribution in [-0.2, 0) is 23.1 Å². The maximum Gasteiger partial charge on any atom is 0.304 e. The molecular weight excluding hydrogens is 658 g/mol. The van der Waals surface area contributed by atoms with Crippen LogP contribution in [-0.4, -0.2) is 39.5 Å². The maximum atomic E-state index is 12.2. The number of aryl methyl sites for hydroxylation is 4. The number of benzene rings is 2. The summed E-state index contributed by atoms with van der Waals surface area (Å²) in [4.78, 5) is 5.54. The Hall–Kier alpha value is -4.23. The number of halogens is 1. The molecule has 0 atom stereocenters. The highest BCUT2D eigenvalue weighted by Gasteiger charge is 2.24. The van der Waals surface area contributed by atoms with Gasteiger partial charge in [-0.1, -0.05) is 47.9 Å². The van der Waals surface area contributed by atoms with E-state index in [9.17, 15) is 13.0 Å². The molecule has 0 aliphatic rings. The van der Waals surface area contributed by atoms with Crippen molar-refractivity contribution in [3.63, 3.8) is 0 Å². The standard InChI is InChI=1S/C29H28ClN3O4S2.C5H8N2O/c1-5-22-15-24(29(38-22)39(34,35)36)23-11-10-19(13-26(23)37-6-2)16-33-25-12-17(3)31-18(4)27(25)28(32-33)20-8-7-9-21(30)14-20;1-3-4(2)8-7-5(3)6/h7-15H,5-6,16H2,1-4H3,(H,34,35,36);1-2H3,(H2,6,7). The van der Waals surface area contributed by atoms with Gasteiger partial charge in [-0.25, -0.2) is 0 Å². The first-order valence-corrected chi connectivity index (χ1v) is 17.6. The Bertz CT molecular complexity index is 2170. The molecule has 0 saturated heterocycles. The lowest BCUT2D eigenvalue weighted by Gasteiger charge is -2.13. The van der Waals surface area contributed by atoms with E-state index >= 15 is 0 Å². The molecule has 0 saturated carbocycles. The minimum Gasteiger partial charge on any atom is -0.493 e. The Labute approximate surface area is 282 Å². The molecule has 2 aromatic carbocycles. The fraction of sp³-hybridized carbons (Fsp3) is 0.265. The molecule has 0 fully saturated rings. The van der Waals surface area contributed by atoms with Crippen LogP contribution < -0.4 is 10.5 Å². The molecule has 6 aromatic rings. The van der Waals surface area contributed by atoms with Gasteiger partial charge in [0.1, 0.15) is 17.2 Å². The minimum atomic E-state index is -4.39. The van der Waals surface area contributed by atoms with Gasteiger partial charge in [0.15, 0.2) is 10.0 Å². The van der Waals surface area contributed by atoms with E-state index in [2.05, 4.69) is 10.1 Å². The molecule has 4 heterocycles. The highest BCUT2D eigenvalue weighted by atomic mass is 35.5. The Kier molecular flexibility index (Phi) is 10.1. The quantitative estimate of drug-likeness (QED) is 0.151. The molecule has 13 heteroatoms. The monoisotopic (exact) mass is 693 g/mol. The lowest BCUT2D eigenvalue weighted by molar-refractivity contribution is 0.341. The van der Waals surface area contributed by atoms with Crippen LogP contribution in [0.3, 0.4) is 0 Å². The number of rotatable bonds is 8. The van der Waals surface area contributed by atoms with Gasteiger partial charge in [0, 0.05) is 48.9 Å². The van der Waals surface area contributed by atoms with E-state index in [0.29, 0.717) is 47.3 Å². The van der Waals surface area contributed by atoms with Crippen LogP contribution in [0.4, 0.5) is 5.82 Å². The third kappa shape index (κ3) is 7.36. The second-order valence-electron chi connectivity index (χ2n) is 11.0. The van der Waals surface area contributed by atoms with Crippen molar-refractivity contribution in [2.45, 2.75) is 58.7 Å². The van der Waals surface area contributed by atoms with Crippen LogP contribution in [0.2, 0.25) is 5.02 Å². The summed E-state index contributed by atoms with van der Waals surface area (Å²) in [5.41, 5.74) is 12.7. The number of nitrogens with two attached hydrogens (primary N) is 1. The van der Waals surface area contributed by atoms with E-state index in [1.165, 1.54) is 0 Å².